The van der Waals surface area contributed by atoms with Crippen LogP contribution in [0.1, 0.15) is 33.6 Å². The molecule has 0 heterocycles. The second-order valence-electron chi connectivity index (χ2n) is 4.07. The normalized spacial score (nSPS) is 17.7. The number of hydrogen-bond donors (Lipinski definition) is 2. The maximum atomic E-state index is 11.0. The smallest absolute Gasteiger partial charge is 0.292 e. The van der Waals surface area contributed by atoms with Gasteiger partial charge >= 0.3 is 0 Å². The van der Waals surface area contributed by atoms with Gasteiger partial charge in [-0.1, -0.05) is 13.3 Å². The van der Waals surface area contributed by atoms with Crippen LogP contribution in [0.15, 0.2) is 0 Å². The minimum absolute atomic E-state index is 0.165. The third-order valence-corrected chi connectivity index (χ3v) is 2.96. The first kappa shape index (κ1) is 16.8. The Morgan fingerprint density at radius 3 is 2.24 bits per heavy atom. The maximum Gasteiger partial charge on any atom is 0.292 e. The molecule has 0 aliphatic heterocycles. The molecule has 0 aromatic carbocycles. The molecular formula is C10H22O6S. The molecule has 0 saturated carbocycles. The van der Waals surface area contributed by atoms with Crippen molar-refractivity contribution in [3.8, 4) is 0 Å². The highest BCUT2D eigenvalue weighted by molar-refractivity contribution is 7.86. The van der Waals surface area contributed by atoms with Gasteiger partial charge in [0.05, 0.1) is 25.4 Å². The molecule has 104 valence electrons. The Labute approximate surface area is 103 Å². The molecule has 0 amide bonds. The highest BCUT2D eigenvalue weighted by atomic mass is 32.2. The number of ether oxygens (including phenoxy) is 2. The van der Waals surface area contributed by atoms with Crippen LogP contribution in [0.2, 0.25) is 0 Å². The zero-order chi connectivity index (χ0) is 13.5. The topological polar surface area (TPSA) is 93.1 Å². The summed E-state index contributed by atoms with van der Waals surface area (Å²) in [6.45, 7) is 5.37. The summed E-state index contributed by atoms with van der Waals surface area (Å²) in [5.74, 6) is 0. The average Bonchev–Trinajstić information content (AvgIpc) is 2.15. The van der Waals surface area contributed by atoms with Gasteiger partial charge in [-0.15, -0.1) is 0 Å². The fourth-order valence-corrected chi connectivity index (χ4v) is 2.09. The van der Waals surface area contributed by atoms with Crippen LogP contribution in [0.5, 0.6) is 0 Å². The molecule has 0 aromatic rings. The Morgan fingerprint density at radius 2 is 1.82 bits per heavy atom. The molecule has 0 aliphatic carbocycles. The van der Waals surface area contributed by atoms with E-state index in [1.807, 2.05) is 0 Å². The Balaban J connectivity index is 4.09. The first-order valence-corrected chi connectivity index (χ1v) is 7.15. The van der Waals surface area contributed by atoms with Crippen LogP contribution in [-0.4, -0.2) is 48.9 Å². The molecule has 0 fully saturated rings. The van der Waals surface area contributed by atoms with Crippen LogP contribution in [0.25, 0.3) is 0 Å². The Hall–Kier alpha value is -0.210. The van der Waals surface area contributed by atoms with Crippen molar-refractivity contribution in [2.45, 2.75) is 51.3 Å². The van der Waals surface area contributed by atoms with Crippen LogP contribution < -0.4 is 0 Å². The van der Waals surface area contributed by atoms with Gasteiger partial charge in [0.2, 0.25) is 0 Å². The second-order valence-corrected chi connectivity index (χ2v) is 5.62. The lowest BCUT2D eigenvalue weighted by molar-refractivity contribution is -0.0415. The van der Waals surface area contributed by atoms with Gasteiger partial charge in [-0.25, -0.2) is 0 Å². The largest absolute Gasteiger partial charge is 0.391 e. The summed E-state index contributed by atoms with van der Waals surface area (Å²) in [5.41, 5.74) is -1.21. The minimum atomic E-state index is -4.19. The summed E-state index contributed by atoms with van der Waals surface area (Å²) in [6, 6.07) is 0. The van der Waals surface area contributed by atoms with Crippen molar-refractivity contribution in [3.05, 3.63) is 0 Å². The van der Waals surface area contributed by atoms with Crippen LogP contribution in [0.3, 0.4) is 0 Å². The van der Waals surface area contributed by atoms with Crippen LogP contribution in [-0.2, 0) is 19.6 Å². The summed E-state index contributed by atoms with van der Waals surface area (Å²) in [7, 11) is -4.19. The SMILES string of the molecule is CCCC(OC(C)COCC(C)O)S(=O)(=O)O. The molecule has 0 rings (SSSR count). The summed E-state index contributed by atoms with van der Waals surface area (Å²) in [6.07, 6.45) is -0.215. The highest BCUT2D eigenvalue weighted by Crippen LogP contribution is 2.11. The number of hydrogen-bond acceptors (Lipinski definition) is 5. The number of rotatable bonds is 9. The van der Waals surface area contributed by atoms with Crippen molar-refractivity contribution in [2.75, 3.05) is 13.2 Å². The van der Waals surface area contributed by atoms with Crippen molar-refractivity contribution >= 4 is 10.1 Å². The lowest BCUT2D eigenvalue weighted by Gasteiger charge is -2.20. The van der Waals surface area contributed by atoms with Crippen molar-refractivity contribution in [1.82, 2.24) is 0 Å². The van der Waals surface area contributed by atoms with Gasteiger partial charge in [0.25, 0.3) is 10.1 Å². The third kappa shape index (κ3) is 8.50. The van der Waals surface area contributed by atoms with Crippen molar-refractivity contribution in [2.24, 2.45) is 0 Å². The van der Waals surface area contributed by atoms with Gasteiger partial charge in [-0.3, -0.25) is 4.55 Å². The van der Waals surface area contributed by atoms with Crippen molar-refractivity contribution < 1.29 is 27.6 Å². The molecule has 7 heteroatoms. The number of aliphatic hydroxyl groups is 1. The van der Waals surface area contributed by atoms with Gasteiger partial charge in [0, 0.05) is 0 Å². The molecule has 3 unspecified atom stereocenters. The van der Waals surface area contributed by atoms with E-state index in [0.29, 0.717) is 6.42 Å². The van der Waals surface area contributed by atoms with E-state index in [1.54, 1.807) is 20.8 Å². The van der Waals surface area contributed by atoms with E-state index in [0.717, 1.165) is 0 Å². The Kier molecular flexibility index (Phi) is 7.89. The van der Waals surface area contributed by atoms with Gasteiger partial charge in [0.15, 0.2) is 5.44 Å². The lowest BCUT2D eigenvalue weighted by Crippen LogP contribution is -2.30. The van der Waals surface area contributed by atoms with E-state index in [9.17, 15) is 8.42 Å². The van der Waals surface area contributed by atoms with Crippen molar-refractivity contribution in [3.63, 3.8) is 0 Å². The molecule has 0 aliphatic rings. The standard InChI is InChI=1S/C10H22O6S/c1-4-5-10(17(12,13)14)16-9(3)7-15-6-8(2)11/h8-11H,4-7H2,1-3H3,(H,12,13,14). The summed E-state index contributed by atoms with van der Waals surface area (Å²) in [4.78, 5) is 0. The van der Waals surface area contributed by atoms with Gasteiger partial charge in [-0.05, 0) is 20.3 Å². The van der Waals surface area contributed by atoms with Crippen LogP contribution >= 0.6 is 0 Å². The molecule has 0 saturated heterocycles. The van der Waals surface area contributed by atoms with Gasteiger partial charge in [-0.2, -0.15) is 8.42 Å². The first-order chi connectivity index (χ1) is 7.77. The van der Waals surface area contributed by atoms with E-state index in [4.69, 9.17) is 19.1 Å². The van der Waals surface area contributed by atoms with Crippen LogP contribution in [0.4, 0.5) is 0 Å². The van der Waals surface area contributed by atoms with Gasteiger partial charge in [0.1, 0.15) is 0 Å². The van der Waals surface area contributed by atoms with Crippen molar-refractivity contribution in [1.29, 1.82) is 0 Å². The fraction of sp³-hybridized carbons (Fsp3) is 1.00. The van der Waals surface area contributed by atoms with E-state index in [2.05, 4.69) is 0 Å². The third-order valence-electron chi connectivity index (χ3n) is 1.95. The zero-order valence-electron chi connectivity index (χ0n) is 10.5. The van der Waals surface area contributed by atoms with E-state index < -0.39 is 27.8 Å². The average molecular weight is 270 g/mol. The molecule has 0 radical (unpaired) electrons. The molecule has 0 aromatic heterocycles. The Morgan fingerprint density at radius 1 is 1.24 bits per heavy atom. The Bertz CT molecular complexity index is 287. The summed E-state index contributed by atoms with van der Waals surface area (Å²) >= 11 is 0. The maximum absolute atomic E-state index is 11.0. The summed E-state index contributed by atoms with van der Waals surface area (Å²) in [5, 5.41) is 8.96. The second kappa shape index (κ2) is 7.99. The predicted molar refractivity (Wildman–Crippen MR) is 63.3 cm³/mol. The van der Waals surface area contributed by atoms with Gasteiger partial charge < -0.3 is 14.6 Å². The highest BCUT2D eigenvalue weighted by Gasteiger charge is 2.25. The zero-order valence-corrected chi connectivity index (χ0v) is 11.3. The van der Waals surface area contributed by atoms with E-state index >= 15 is 0 Å². The number of aliphatic hydroxyl groups excluding tert-OH is 1. The molecule has 2 N–H and O–H groups in total. The van der Waals surface area contributed by atoms with Crippen LogP contribution in [0, 0.1) is 0 Å². The van der Waals surface area contributed by atoms with E-state index in [-0.39, 0.29) is 19.6 Å². The molecule has 17 heavy (non-hydrogen) atoms. The molecule has 3 atom stereocenters. The monoisotopic (exact) mass is 270 g/mol. The lowest BCUT2D eigenvalue weighted by atomic mass is 10.3. The molecule has 0 bridgehead atoms. The minimum Gasteiger partial charge on any atom is -0.391 e. The quantitative estimate of drug-likeness (QED) is 0.602. The molecule has 0 spiro atoms. The summed E-state index contributed by atoms with van der Waals surface area (Å²) < 4.78 is 41.2. The molecular weight excluding hydrogens is 248 g/mol. The fourth-order valence-electron chi connectivity index (χ4n) is 1.23. The first-order valence-electron chi connectivity index (χ1n) is 5.65. The van der Waals surface area contributed by atoms with E-state index in [1.165, 1.54) is 0 Å². The molecule has 6 nitrogen and oxygen atoms in total. The predicted octanol–water partition coefficient (Wildman–Crippen LogP) is 0.803.